The fraction of sp³-hybridized carbons (Fsp3) is 0.320. The predicted molar refractivity (Wildman–Crippen MR) is 124 cm³/mol. The van der Waals surface area contributed by atoms with Gasteiger partial charge in [-0.25, -0.2) is 9.48 Å². The Kier molecular flexibility index (Phi) is 6.17. The van der Waals surface area contributed by atoms with Crippen LogP contribution in [0.2, 0.25) is 0 Å². The lowest BCUT2D eigenvalue weighted by atomic mass is 9.98. The van der Waals surface area contributed by atoms with E-state index in [2.05, 4.69) is 45.2 Å². The lowest BCUT2D eigenvalue weighted by molar-refractivity contribution is -0.139. The molecule has 0 aliphatic heterocycles. The maximum atomic E-state index is 12.3. The summed E-state index contributed by atoms with van der Waals surface area (Å²) in [6.07, 6.45) is 1.60. The van der Waals surface area contributed by atoms with Gasteiger partial charge < -0.3 is 20.5 Å². The molecule has 2 atom stereocenters. The molecule has 0 radical (unpaired) electrons. The van der Waals surface area contributed by atoms with Gasteiger partial charge in [0, 0.05) is 12.5 Å². The highest BCUT2D eigenvalue weighted by Crippen LogP contribution is 2.44. The lowest BCUT2D eigenvalue weighted by Crippen LogP contribution is -2.30. The quantitative estimate of drug-likeness (QED) is 0.431. The van der Waals surface area contributed by atoms with E-state index in [4.69, 9.17) is 9.84 Å². The molecule has 5 rings (SSSR count). The van der Waals surface area contributed by atoms with Crippen molar-refractivity contribution in [1.29, 1.82) is 0 Å². The van der Waals surface area contributed by atoms with Crippen molar-refractivity contribution in [1.82, 2.24) is 25.6 Å². The number of carboxylic acid groups (broad SMARTS) is 1. The van der Waals surface area contributed by atoms with Crippen LogP contribution < -0.4 is 10.6 Å². The van der Waals surface area contributed by atoms with E-state index in [-0.39, 0.29) is 43.4 Å². The fourth-order valence-corrected chi connectivity index (χ4v) is 4.53. The largest absolute Gasteiger partial charge is 0.481 e. The molecule has 10 heteroatoms. The van der Waals surface area contributed by atoms with E-state index in [0.29, 0.717) is 18.7 Å². The van der Waals surface area contributed by atoms with Crippen LogP contribution in [-0.2, 0) is 27.4 Å². The van der Waals surface area contributed by atoms with Gasteiger partial charge in [-0.2, -0.15) is 0 Å². The number of amides is 2. The molecule has 2 aliphatic rings. The maximum Gasteiger partial charge on any atom is 0.407 e. The summed E-state index contributed by atoms with van der Waals surface area (Å²) in [4.78, 5) is 35.2. The number of fused-ring (bicyclic) bond motifs is 3. The second kappa shape index (κ2) is 9.57. The molecule has 180 valence electrons. The molecule has 3 aromatic rings. The van der Waals surface area contributed by atoms with Gasteiger partial charge in [-0.1, -0.05) is 53.7 Å². The van der Waals surface area contributed by atoms with Crippen molar-refractivity contribution in [2.75, 3.05) is 13.2 Å². The summed E-state index contributed by atoms with van der Waals surface area (Å²) in [6, 6.07) is 16.3. The number of aliphatic carboxylic acids is 1. The Bertz CT molecular complexity index is 1230. The molecule has 35 heavy (non-hydrogen) atoms. The van der Waals surface area contributed by atoms with E-state index in [9.17, 15) is 14.4 Å². The first kappa shape index (κ1) is 22.6. The zero-order chi connectivity index (χ0) is 24.4. The van der Waals surface area contributed by atoms with E-state index >= 15 is 0 Å². The third kappa shape index (κ3) is 5.01. The smallest absolute Gasteiger partial charge is 0.407 e. The van der Waals surface area contributed by atoms with Gasteiger partial charge in [0.2, 0.25) is 5.91 Å². The second-order valence-corrected chi connectivity index (χ2v) is 8.83. The molecule has 3 N–H and O–H groups in total. The fourth-order valence-electron chi connectivity index (χ4n) is 4.53. The Labute approximate surface area is 201 Å². The van der Waals surface area contributed by atoms with E-state index < -0.39 is 12.1 Å². The van der Waals surface area contributed by atoms with Crippen LogP contribution >= 0.6 is 0 Å². The Morgan fingerprint density at radius 1 is 1.03 bits per heavy atom. The molecular weight excluding hydrogens is 450 g/mol. The molecule has 2 aromatic carbocycles. The summed E-state index contributed by atoms with van der Waals surface area (Å²) in [5, 5.41) is 22.2. The van der Waals surface area contributed by atoms with Crippen molar-refractivity contribution in [3.05, 3.63) is 71.5 Å². The van der Waals surface area contributed by atoms with Crippen LogP contribution in [0.25, 0.3) is 11.1 Å². The van der Waals surface area contributed by atoms with Crippen LogP contribution in [0.1, 0.15) is 29.2 Å². The summed E-state index contributed by atoms with van der Waals surface area (Å²) in [7, 11) is 0. The highest BCUT2D eigenvalue weighted by Gasteiger charge is 2.43. The average Bonchev–Trinajstić information content (AvgIpc) is 3.41. The first-order valence-corrected chi connectivity index (χ1v) is 11.5. The minimum Gasteiger partial charge on any atom is -0.481 e. The second-order valence-electron chi connectivity index (χ2n) is 8.83. The van der Waals surface area contributed by atoms with Crippen molar-refractivity contribution < 1.29 is 24.2 Å². The predicted octanol–water partition coefficient (Wildman–Crippen LogP) is 2.15. The molecule has 1 saturated carbocycles. The molecule has 0 bridgehead atoms. The zero-order valence-corrected chi connectivity index (χ0v) is 18.9. The molecule has 0 spiro atoms. The van der Waals surface area contributed by atoms with Gasteiger partial charge in [-0.3, -0.25) is 9.59 Å². The number of carbonyl (C=O) groups excluding carboxylic acids is 2. The highest BCUT2D eigenvalue weighted by atomic mass is 16.5. The van der Waals surface area contributed by atoms with Crippen LogP contribution in [0.4, 0.5) is 4.79 Å². The number of rotatable bonds is 9. The van der Waals surface area contributed by atoms with Crippen LogP contribution in [0.5, 0.6) is 0 Å². The van der Waals surface area contributed by atoms with Gasteiger partial charge in [0.15, 0.2) is 0 Å². The van der Waals surface area contributed by atoms with Gasteiger partial charge in [-0.05, 0) is 34.6 Å². The molecule has 1 heterocycles. The van der Waals surface area contributed by atoms with Crippen LogP contribution in [-0.4, -0.2) is 51.2 Å². The number of alkyl carbamates (subject to hydrolysis) is 1. The SMILES string of the molecule is O=C(Cn1cc(CNC(=O)OCC2c3ccccc3-c3ccccc32)nn1)NC[C@H]1C[C@H]1C(=O)O. The summed E-state index contributed by atoms with van der Waals surface area (Å²) < 4.78 is 6.87. The molecule has 1 fully saturated rings. The summed E-state index contributed by atoms with van der Waals surface area (Å²) >= 11 is 0. The highest BCUT2D eigenvalue weighted by molar-refractivity contribution is 5.79. The van der Waals surface area contributed by atoms with Gasteiger partial charge in [0.05, 0.1) is 18.7 Å². The number of hydrogen-bond acceptors (Lipinski definition) is 6. The Hall–Kier alpha value is -4.21. The number of carboxylic acids is 1. The molecule has 10 nitrogen and oxygen atoms in total. The topological polar surface area (TPSA) is 135 Å². The minimum atomic E-state index is -0.825. The Morgan fingerprint density at radius 2 is 1.71 bits per heavy atom. The van der Waals surface area contributed by atoms with E-state index in [1.54, 1.807) is 6.20 Å². The van der Waals surface area contributed by atoms with Crippen LogP contribution in [0, 0.1) is 11.8 Å². The molecular formula is C25H25N5O5. The average molecular weight is 476 g/mol. The number of nitrogens with one attached hydrogen (secondary N) is 2. The van der Waals surface area contributed by atoms with Crippen molar-refractivity contribution in [3.63, 3.8) is 0 Å². The molecule has 2 aliphatic carbocycles. The monoisotopic (exact) mass is 475 g/mol. The number of hydrogen-bond donors (Lipinski definition) is 3. The van der Waals surface area contributed by atoms with Gasteiger partial charge in [-0.15, -0.1) is 5.10 Å². The van der Waals surface area contributed by atoms with Crippen LogP contribution in [0.15, 0.2) is 54.7 Å². The van der Waals surface area contributed by atoms with Crippen molar-refractivity contribution in [3.8, 4) is 11.1 Å². The van der Waals surface area contributed by atoms with Crippen molar-refractivity contribution in [2.24, 2.45) is 11.8 Å². The maximum absolute atomic E-state index is 12.3. The van der Waals surface area contributed by atoms with E-state index in [1.165, 1.54) is 4.68 Å². The Morgan fingerprint density at radius 3 is 2.37 bits per heavy atom. The Balaban J connectivity index is 1.07. The van der Waals surface area contributed by atoms with E-state index in [0.717, 1.165) is 22.3 Å². The third-order valence-electron chi connectivity index (χ3n) is 6.45. The number of carbonyl (C=O) groups is 3. The standard InChI is InChI=1S/C25H25N5O5/c31-23(26-10-15-9-21(15)24(32)33)13-30-12-16(28-29-30)11-27-25(34)35-14-22-19-7-3-1-5-17(19)18-6-2-4-8-20(18)22/h1-8,12,15,21-22H,9-11,13-14H2,(H,26,31)(H,27,34)(H,32,33)/t15-,21-/m1/s1. The first-order chi connectivity index (χ1) is 17.0. The lowest BCUT2D eigenvalue weighted by Gasteiger charge is -2.14. The molecule has 0 saturated heterocycles. The van der Waals surface area contributed by atoms with Gasteiger partial charge in [0.1, 0.15) is 18.8 Å². The third-order valence-corrected chi connectivity index (χ3v) is 6.45. The normalized spacial score (nSPS) is 17.8. The van der Waals surface area contributed by atoms with Crippen LogP contribution in [0.3, 0.4) is 0 Å². The van der Waals surface area contributed by atoms with Gasteiger partial charge >= 0.3 is 12.1 Å². The van der Waals surface area contributed by atoms with Gasteiger partial charge in [0.25, 0.3) is 0 Å². The van der Waals surface area contributed by atoms with Crippen molar-refractivity contribution >= 4 is 18.0 Å². The molecule has 1 aromatic heterocycles. The summed E-state index contributed by atoms with van der Waals surface area (Å²) in [5.74, 6) is -1.49. The van der Waals surface area contributed by atoms with E-state index in [1.807, 2.05) is 24.3 Å². The minimum absolute atomic E-state index is 0.0100. The number of nitrogens with zero attached hydrogens (tertiary/aromatic N) is 3. The first-order valence-electron chi connectivity index (χ1n) is 11.5. The molecule has 2 amide bonds. The number of aromatic nitrogens is 3. The molecule has 0 unspecified atom stereocenters. The zero-order valence-electron chi connectivity index (χ0n) is 18.9. The van der Waals surface area contributed by atoms with Crippen molar-refractivity contribution in [2.45, 2.75) is 25.4 Å². The summed E-state index contributed by atoms with van der Waals surface area (Å²) in [5.41, 5.74) is 5.10. The number of ether oxygens (including phenoxy) is 1. The number of benzene rings is 2. The summed E-state index contributed by atoms with van der Waals surface area (Å²) in [6.45, 7) is 0.625.